The van der Waals surface area contributed by atoms with E-state index < -0.39 is 0 Å². The Balaban J connectivity index is 1.04. The fourth-order valence-electron chi connectivity index (χ4n) is 7.91. The number of hydrogen-bond donors (Lipinski definition) is 0. The molecule has 0 radical (unpaired) electrons. The van der Waals surface area contributed by atoms with Gasteiger partial charge in [0.1, 0.15) is 11.2 Å². The van der Waals surface area contributed by atoms with Gasteiger partial charge in [0.05, 0.1) is 0 Å². The summed E-state index contributed by atoms with van der Waals surface area (Å²) in [6.07, 6.45) is 0. The van der Waals surface area contributed by atoms with Gasteiger partial charge in [0, 0.05) is 47.6 Å². The Bertz CT molecular complexity index is 3250. The average Bonchev–Trinajstić information content (AvgIpc) is 3.86. The van der Waals surface area contributed by atoms with Gasteiger partial charge in [0.15, 0.2) is 17.5 Å². The topological polar surface area (TPSA) is 51.8 Å². The highest BCUT2D eigenvalue weighted by Gasteiger charge is 2.19. The van der Waals surface area contributed by atoms with Crippen LogP contribution >= 0.6 is 11.3 Å². The van der Waals surface area contributed by atoms with Gasteiger partial charge in [-0.2, -0.15) is 0 Å². The Morgan fingerprint density at radius 3 is 1.77 bits per heavy atom. The first-order valence-electron chi connectivity index (χ1n) is 18.7. The molecular weight excluding hydrogens is 703 g/mol. The van der Waals surface area contributed by atoms with Crippen LogP contribution < -0.4 is 0 Å². The van der Waals surface area contributed by atoms with Crippen molar-refractivity contribution in [2.24, 2.45) is 0 Å². The second-order valence-corrected chi connectivity index (χ2v) is 15.0. The smallest absolute Gasteiger partial charge is 0.165 e. The van der Waals surface area contributed by atoms with Gasteiger partial charge in [-0.25, -0.2) is 15.0 Å². The number of thiophene rings is 1. The number of furan rings is 1. The lowest BCUT2D eigenvalue weighted by Crippen LogP contribution is -2.01. The van der Waals surface area contributed by atoms with Crippen LogP contribution in [0.1, 0.15) is 0 Å². The number of nitrogens with zero attached hydrogens (tertiary/aromatic N) is 3. The van der Waals surface area contributed by atoms with Gasteiger partial charge in [-0.15, -0.1) is 11.3 Å². The number of rotatable bonds is 6. The molecule has 0 bridgehead atoms. The summed E-state index contributed by atoms with van der Waals surface area (Å²) in [6.45, 7) is 0. The van der Waals surface area contributed by atoms with E-state index in [1.165, 1.54) is 20.2 Å². The summed E-state index contributed by atoms with van der Waals surface area (Å²) in [5.74, 6) is 1.92. The summed E-state index contributed by atoms with van der Waals surface area (Å²) < 4.78 is 8.59. The Morgan fingerprint density at radius 2 is 0.893 bits per heavy atom. The van der Waals surface area contributed by atoms with E-state index >= 15 is 0 Å². The highest BCUT2D eigenvalue weighted by Crippen LogP contribution is 2.41. The minimum Gasteiger partial charge on any atom is -0.456 e. The number of hydrogen-bond acceptors (Lipinski definition) is 5. The number of benzene rings is 8. The Labute approximate surface area is 327 Å². The molecule has 0 spiro atoms. The van der Waals surface area contributed by atoms with Crippen molar-refractivity contribution in [3.63, 3.8) is 0 Å². The molecule has 0 unspecified atom stereocenters. The lowest BCUT2D eigenvalue weighted by molar-refractivity contribution is 0.669. The second kappa shape index (κ2) is 13.3. The maximum atomic E-state index is 6.18. The lowest BCUT2D eigenvalue weighted by atomic mass is 9.96. The standard InChI is InChI=1S/C51H31N3OS/c1-2-13-33(14-3-1)37-17-4-5-19-41(37)50-52-49(53-51(54-50)43-23-11-22-40-39-18-7-9-26-46(39)56-48(40)43)36-16-10-15-35(31-36)32-27-29-34(30-28-32)38-21-12-25-45-47(38)42-20-6-8-24-44(42)55-45/h1-31H. The molecular formula is C51H31N3OS. The highest BCUT2D eigenvalue weighted by molar-refractivity contribution is 7.26. The highest BCUT2D eigenvalue weighted by atomic mass is 32.1. The molecule has 0 aliphatic heterocycles. The zero-order valence-electron chi connectivity index (χ0n) is 30.1. The van der Waals surface area contributed by atoms with Crippen molar-refractivity contribution in [1.82, 2.24) is 15.0 Å². The normalized spacial score (nSPS) is 11.6. The molecule has 0 saturated heterocycles. The van der Waals surface area contributed by atoms with Crippen LogP contribution in [0, 0.1) is 0 Å². The molecule has 5 heteroatoms. The molecule has 56 heavy (non-hydrogen) atoms. The summed E-state index contributed by atoms with van der Waals surface area (Å²) in [4.78, 5) is 15.7. The molecule has 0 aliphatic carbocycles. The quantitative estimate of drug-likeness (QED) is 0.171. The van der Waals surface area contributed by atoms with E-state index in [9.17, 15) is 0 Å². The van der Waals surface area contributed by atoms with Gasteiger partial charge < -0.3 is 4.42 Å². The lowest BCUT2D eigenvalue weighted by Gasteiger charge is -2.13. The van der Waals surface area contributed by atoms with Gasteiger partial charge in [-0.3, -0.25) is 0 Å². The van der Waals surface area contributed by atoms with Gasteiger partial charge in [0.25, 0.3) is 0 Å². The predicted molar refractivity (Wildman–Crippen MR) is 233 cm³/mol. The van der Waals surface area contributed by atoms with E-state index in [0.717, 1.165) is 72.0 Å². The third kappa shape index (κ3) is 5.48. The summed E-state index contributed by atoms with van der Waals surface area (Å²) in [5, 5.41) is 4.71. The molecule has 4 nitrogen and oxygen atoms in total. The summed E-state index contributed by atoms with van der Waals surface area (Å²) in [5.41, 5.74) is 11.3. The Hall–Kier alpha value is -7.21. The van der Waals surface area contributed by atoms with E-state index in [2.05, 4.69) is 164 Å². The summed E-state index contributed by atoms with van der Waals surface area (Å²) in [7, 11) is 0. The van der Waals surface area contributed by atoms with Crippen molar-refractivity contribution in [3.05, 3.63) is 188 Å². The van der Waals surface area contributed by atoms with Gasteiger partial charge in [-0.05, 0) is 63.7 Å². The molecule has 0 fully saturated rings. The SMILES string of the molecule is c1ccc(-c2ccccc2-c2nc(-c3cccc(-c4ccc(-c5cccc6oc7ccccc7c56)cc4)c3)nc(-c3cccc4c3sc3ccccc34)n2)cc1. The van der Waals surface area contributed by atoms with Crippen molar-refractivity contribution < 1.29 is 4.42 Å². The average molecular weight is 734 g/mol. The minimum atomic E-state index is 0.628. The molecule has 262 valence electrons. The van der Waals surface area contributed by atoms with Gasteiger partial charge in [-0.1, -0.05) is 158 Å². The van der Waals surface area contributed by atoms with E-state index in [0.29, 0.717) is 17.5 Å². The molecule has 3 heterocycles. The second-order valence-electron chi connectivity index (χ2n) is 13.9. The first kappa shape index (κ1) is 32.2. The Morgan fingerprint density at radius 1 is 0.339 bits per heavy atom. The number of para-hydroxylation sites is 1. The fraction of sp³-hybridized carbons (Fsp3) is 0. The van der Waals surface area contributed by atoms with E-state index in [-0.39, 0.29) is 0 Å². The number of aromatic nitrogens is 3. The van der Waals surface area contributed by atoms with E-state index in [4.69, 9.17) is 19.4 Å². The fourth-order valence-corrected chi connectivity index (χ4v) is 9.12. The maximum Gasteiger partial charge on any atom is 0.165 e. The molecule has 3 aromatic heterocycles. The van der Waals surface area contributed by atoms with Crippen molar-refractivity contribution >= 4 is 53.4 Å². The molecule has 0 aliphatic rings. The van der Waals surface area contributed by atoms with Crippen LogP contribution in [0.2, 0.25) is 0 Å². The maximum absolute atomic E-state index is 6.18. The van der Waals surface area contributed by atoms with E-state index in [1.807, 2.05) is 24.3 Å². The Kier molecular flexibility index (Phi) is 7.64. The number of fused-ring (bicyclic) bond motifs is 6. The zero-order chi connectivity index (χ0) is 37.0. The van der Waals surface area contributed by atoms with Crippen LogP contribution in [0.3, 0.4) is 0 Å². The molecule has 0 amide bonds. The molecule has 0 atom stereocenters. The van der Waals surface area contributed by atoms with Crippen molar-refractivity contribution in [1.29, 1.82) is 0 Å². The van der Waals surface area contributed by atoms with Crippen molar-refractivity contribution in [2.75, 3.05) is 0 Å². The molecule has 0 saturated carbocycles. The largest absolute Gasteiger partial charge is 0.456 e. The monoisotopic (exact) mass is 733 g/mol. The third-order valence-corrected chi connectivity index (χ3v) is 11.8. The molecule has 11 aromatic rings. The zero-order valence-corrected chi connectivity index (χ0v) is 30.9. The summed E-state index contributed by atoms with van der Waals surface area (Å²) >= 11 is 1.78. The first-order chi connectivity index (χ1) is 27.7. The minimum absolute atomic E-state index is 0.628. The van der Waals surface area contributed by atoms with Gasteiger partial charge in [0.2, 0.25) is 0 Å². The van der Waals surface area contributed by atoms with Crippen LogP contribution in [0.5, 0.6) is 0 Å². The molecule has 11 rings (SSSR count). The third-order valence-electron chi connectivity index (χ3n) is 10.6. The van der Waals surface area contributed by atoms with Crippen LogP contribution in [0.4, 0.5) is 0 Å². The van der Waals surface area contributed by atoms with Crippen LogP contribution in [-0.4, -0.2) is 15.0 Å². The van der Waals surface area contributed by atoms with Crippen LogP contribution in [0.15, 0.2) is 192 Å². The first-order valence-corrected chi connectivity index (χ1v) is 19.5. The molecule has 8 aromatic carbocycles. The molecule has 0 N–H and O–H groups in total. The van der Waals surface area contributed by atoms with Crippen LogP contribution in [-0.2, 0) is 0 Å². The van der Waals surface area contributed by atoms with Crippen LogP contribution in [0.25, 0.3) is 110 Å². The summed E-state index contributed by atoms with van der Waals surface area (Å²) in [6, 6.07) is 65.6. The van der Waals surface area contributed by atoms with Crippen molar-refractivity contribution in [2.45, 2.75) is 0 Å². The van der Waals surface area contributed by atoms with Crippen molar-refractivity contribution in [3.8, 4) is 67.5 Å². The predicted octanol–water partition coefficient (Wildman–Crippen LogP) is 14.1. The van der Waals surface area contributed by atoms with Gasteiger partial charge >= 0.3 is 0 Å². The van der Waals surface area contributed by atoms with E-state index in [1.54, 1.807) is 11.3 Å².